The molecule has 5 amide bonds. The van der Waals surface area contributed by atoms with Gasteiger partial charge in [-0.2, -0.15) is 0 Å². The van der Waals surface area contributed by atoms with Crippen molar-refractivity contribution in [2.75, 3.05) is 13.2 Å². The van der Waals surface area contributed by atoms with Crippen LogP contribution >= 0.6 is 0 Å². The van der Waals surface area contributed by atoms with Gasteiger partial charge in [-0.15, -0.1) is 0 Å². The number of benzene rings is 2. The summed E-state index contributed by atoms with van der Waals surface area (Å²) in [6.07, 6.45) is 2.45. The Morgan fingerprint density at radius 1 is 0.971 bits per heavy atom. The van der Waals surface area contributed by atoms with Gasteiger partial charge in [0.1, 0.15) is 11.8 Å². The summed E-state index contributed by atoms with van der Waals surface area (Å²) in [4.78, 5) is 62.4. The monoisotopic (exact) mass is 463 g/mol. The first-order chi connectivity index (χ1) is 16.5. The summed E-state index contributed by atoms with van der Waals surface area (Å²) in [5.41, 5.74) is 0.956. The molecule has 2 aliphatic rings. The van der Waals surface area contributed by atoms with Crippen molar-refractivity contribution in [1.82, 2.24) is 15.5 Å². The quantitative estimate of drug-likeness (QED) is 0.434. The largest absolute Gasteiger partial charge is 0.493 e. The van der Waals surface area contributed by atoms with Crippen molar-refractivity contribution in [3.63, 3.8) is 0 Å². The third-order valence-corrected chi connectivity index (χ3v) is 5.83. The van der Waals surface area contributed by atoms with E-state index in [1.807, 2.05) is 18.2 Å². The summed E-state index contributed by atoms with van der Waals surface area (Å²) in [7, 11) is 0. The predicted molar refractivity (Wildman–Crippen MR) is 121 cm³/mol. The number of rotatable bonds is 9. The Labute approximate surface area is 196 Å². The van der Waals surface area contributed by atoms with Gasteiger partial charge in [0.15, 0.2) is 0 Å². The SMILES string of the molecule is O=C1CCC(N2C(=O)c3cccc(OCCCCCNC(=O)c4ccccc4)c3C2=O)C(=O)N1. The summed E-state index contributed by atoms with van der Waals surface area (Å²) in [5, 5.41) is 5.06. The Morgan fingerprint density at radius 2 is 1.76 bits per heavy atom. The second-order valence-electron chi connectivity index (χ2n) is 8.16. The van der Waals surface area contributed by atoms with Gasteiger partial charge in [0.05, 0.1) is 17.7 Å². The maximum atomic E-state index is 13.0. The van der Waals surface area contributed by atoms with Crippen molar-refractivity contribution in [2.45, 2.75) is 38.1 Å². The van der Waals surface area contributed by atoms with Crippen molar-refractivity contribution in [3.8, 4) is 5.75 Å². The first-order valence-corrected chi connectivity index (χ1v) is 11.3. The van der Waals surface area contributed by atoms with Crippen LogP contribution < -0.4 is 15.4 Å². The predicted octanol–water partition coefficient (Wildman–Crippen LogP) is 2.07. The average molecular weight is 463 g/mol. The highest BCUT2D eigenvalue weighted by Gasteiger charge is 2.45. The van der Waals surface area contributed by atoms with Crippen LogP contribution in [0.5, 0.6) is 5.75 Å². The van der Waals surface area contributed by atoms with E-state index in [0.29, 0.717) is 30.9 Å². The lowest BCUT2D eigenvalue weighted by atomic mass is 10.0. The molecule has 1 unspecified atom stereocenters. The topological polar surface area (TPSA) is 122 Å². The van der Waals surface area contributed by atoms with E-state index in [9.17, 15) is 24.0 Å². The van der Waals surface area contributed by atoms with Crippen molar-refractivity contribution in [2.24, 2.45) is 0 Å². The molecule has 0 aliphatic carbocycles. The van der Waals surface area contributed by atoms with E-state index in [1.165, 1.54) is 6.07 Å². The van der Waals surface area contributed by atoms with E-state index in [-0.39, 0.29) is 29.9 Å². The molecule has 1 fully saturated rings. The number of imide groups is 2. The van der Waals surface area contributed by atoms with Crippen molar-refractivity contribution in [1.29, 1.82) is 0 Å². The molecule has 1 atom stereocenters. The molecular formula is C25H25N3O6. The zero-order chi connectivity index (χ0) is 24.1. The molecule has 0 spiro atoms. The molecule has 0 saturated carbocycles. The maximum absolute atomic E-state index is 13.0. The van der Waals surface area contributed by atoms with Crippen molar-refractivity contribution < 1.29 is 28.7 Å². The van der Waals surface area contributed by atoms with Crippen molar-refractivity contribution >= 4 is 29.5 Å². The molecule has 34 heavy (non-hydrogen) atoms. The van der Waals surface area contributed by atoms with E-state index in [2.05, 4.69) is 10.6 Å². The Hall–Kier alpha value is -4.01. The molecule has 0 aromatic heterocycles. The van der Waals surface area contributed by atoms with E-state index < -0.39 is 29.7 Å². The van der Waals surface area contributed by atoms with Gasteiger partial charge in [-0.05, 0) is 49.9 Å². The van der Waals surface area contributed by atoms with Crippen LogP contribution in [0.1, 0.15) is 63.2 Å². The Kier molecular flexibility index (Phi) is 7.01. The fourth-order valence-electron chi connectivity index (χ4n) is 4.08. The minimum absolute atomic E-state index is 0.0684. The summed E-state index contributed by atoms with van der Waals surface area (Å²) in [6.45, 7) is 0.880. The summed E-state index contributed by atoms with van der Waals surface area (Å²) >= 11 is 0. The molecule has 2 aliphatic heterocycles. The van der Waals surface area contributed by atoms with Gasteiger partial charge < -0.3 is 10.1 Å². The highest BCUT2D eigenvalue weighted by Crippen LogP contribution is 2.33. The van der Waals surface area contributed by atoms with Crippen LogP contribution in [-0.4, -0.2) is 53.6 Å². The molecule has 2 N–H and O–H groups in total. The second-order valence-corrected chi connectivity index (χ2v) is 8.16. The van der Waals surface area contributed by atoms with Gasteiger partial charge in [0.2, 0.25) is 11.8 Å². The van der Waals surface area contributed by atoms with Crippen LogP contribution in [-0.2, 0) is 9.59 Å². The van der Waals surface area contributed by atoms with Gasteiger partial charge in [0, 0.05) is 18.5 Å². The van der Waals surface area contributed by atoms with Crippen LogP contribution in [0, 0.1) is 0 Å². The fraction of sp³-hybridized carbons (Fsp3) is 0.320. The number of amides is 5. The van der Waals surface area contributed by atoms with Crippen molar-refractivity contribution in [3.05, 3.63) is 65.2 Å². The lowest BCUT2D eigenvalue weighted by Crippen LogP contribution is -2.54. The van der Waals surface area contributed by atoms with Crippen LogP contribution in [0.4, 0.5) is 0 Å². The molecule has 2 aromatic rings. The number of hydrogen-bond acceptors (Lipinski definition) is 6. The van der Waals surface area contributed by atoms with E-state index in [4.69, 9.17) is 4.74 Å². The van der Waals surface area contributed by atoms with E-state index in [1.54, 1.807) is 24.3 Å². The van der Waals surface area contributed by atoms with Crippen LogP contribution in [0.2, 0.25) is 0 Å². The molecule has 2 aromatic carbocycles. The first-order valence-electron chi connectivity index (χ1n) is 11.3. The van der Waals surface area contributed by atoms with Gasteiger partial charge in [-0.25, -0.2) is 0 Å². The van der Waals surface area contributed by atoms with Gasteiger partial charge in [0.25, 0.3) is 17.7 Å². The number of fused-ring (bicyclic) bond motifs is 1. The molecule has 1 saturated heterocycles. The molecule has 176 valence electrons. The van der Waals surface area contributed by atoms with E-state index in [0.717, 1.165) is 17.7 Å². The molecule has 9 nitrogen and oxygen atoms in total. The Morgan fingerprint density at radius 3 is 2.53 bits per heavy atom. The highest BCUT2D eigenvalue weighted by molar-refractivity contribution is 6.24. The summed E-state index contributed by atoms with van der Waals surface area (Å²) in [6, 6.07) is 12.8. The normalized spacial score (nSPS) is 17.4. The number of nitrogens with zero attached hydrogens (tertiary/aromatic N) is 1. The zero-order valence-electron chi connectivity index (χ0n) is 18.5. The van der Waals surface area contributed by atoms with E-state index >= 15 is 0 Å². The Bertz CT molecular complexity index is 1130. The maximum Gasteiger partial charge on any atom is 0.266 e. The number of piperidine rings is 1. The number of hydrogen-bond donors (Lipinski definition) is 2. The lowest BCUT2D eigenvalue weighted by molar-refractivity contribution is -0.136. The minimum atomic E-state index is -1.01. The van der Waals surface area contributed by atoms with Crippen LogP contribution in [0.3, 0.4) is 0 Å². The molecule has 9 heteroatoms. The lowest BCUT2D eigenvalue weighted by Gasteiger charge is -2.27. The third-order valence-electron chi connectivity index (χ3n) is 5.83. The standard InChI is InChI=1S/C25H25N3O6/c29-20-13-12-18(23(31)27-20)28-24(32)17-10-7-11-19(21(17)25(28)33)34-15-6-2-5-14-26-22(30)16-8-3-1-4-9-16/h1,3-4,7-11,18H,2,5-6,12-15H2,(H,26,30)(H,27,29,31). The number of carbonyl (C=O) groups excluding carboxylic acids is 5. The molecule has 2 heterocycles. The van der Waals surface area contributed by atoms with Crippen LogP contribution in [0.25, 0.3) is 0 Å². The smallest absolute Gasteiger partial charge is 0.266 e. The second kappa shape index (κ2) is 10.3. The summed E-state index contributed by atoms with van der Waals surface area (Å²) < 4.78 is 5.80. The molecule has 0 radical (unpaired) electrons. The van der Waals surface area contributed by atoms with Crippen LogP contribution in [0.15, 0.2) is 48.5 Å². The fourth-order valence-corrected chi connectivity index (χ4v) is 4.08. The molecule has 0 bridgehead atoms. The third kappa shape index (κ3) is 4.83. The first kappa shape index (κ1) is 23.2. The van der Waals surface area contributed by atoms with Gasteiger partial charge in [-0.3, -0.25) is 34.2 Å². The summed E-state index contributed by atoms with van der Waals surface area (Å²) in [5.74, 6) is -2.03. The Balaban J connectivity index is 1.27. The van der Waals surface area contributed by atoms with Gasteiger partial charge >= 0.3 is 0 Å². The number of carbonyl (C=O) groups is 5. The number of ether oxygens (including phenoxy) is 1. The number of unbranched alkanes of at least 4 members (excludes halogenated alkanes) is 2. The minimum Gasteiger partial charge on any atom is -0.493 e. The zero-order valence-corrected chi connectivity index (χ0v) is 18.5. The number of nitrogens with one attached hydrogen (secondary N) is 2. The average Bonchev–Trinajstić information content (AvgIpc) is 3.09. The molecular weight excluding hydrogens is 438 g/mol. The van der Waals surface area contributed by atoms with Gasteiger partial charge in [-0.1, -0.05) is 24.3 Å². The highest BCUT2D eigenvalue weighted by atomic mass is 16.5. The molecule has 4 rings (SSSR count).